The summed E-state index contributed by atoms with van der Waals surface area (Å²) in [5.41, 5.74) is -2.94. The molecule has 0 amide bonds. The fraction of sp³-hybridized carbons (Fsp3) is 0.0952. The van der Waals surface area contributed by atoms with Crippen molar-refractivity contribution in [2.24, 2.45) is 0 Å². The van der Waals surface area contributed by atoms with Gasteiger partial charge in [0, 0.05) is 18.0 Å². The van der Waals surface area contributed by atoms with Gasteiger partial charge in [-0.15, -0.1) is 0 Å². The normalized spacial score (nSPS) is 12.1. The summed E-state index contributed by atoms with van der Waals surface area (Å²) >= 11 is 0. The number of carbonyl (C=O) groups is 1. The Labute approximate surface area is 186 Å². The minimum absolute atomic E-state index is 0.0511. The molecule has 174 valence electrons. The number of halogens is 6. The van der Waals surface area contributed by atoms with Crippen molar-refractivity contribution in [1.29, 1.82) is 0 Å². The van der Waals surface area contributed by atoms with Crippen molar-refractivity contribution >= 4 is 28.6 Å². The van der Waals surface area contributed by atoms with Gasteiger partial charge in [0.05, 0.1) is 34.3 Å². The molecule has 0 radical (unpaired) electrons. The van der Waals surface area contributed by atoms with Gasteiger partial charge in [-0.25, -0.2) is 24.7 Å². The first-order valence-corrected chi connectivity index (χ1v) is 9.30. The zero-order valence-corrected chi connectivity index (χ0v) is 16.6. The molecule has 0 saturated heterocycles. The average Bonchev–Trinajstić information content (AvgIpc) is 2.77. The summed E-state index contributed by atoms with van der Waals surface area (Å²) in [6.07, 6.45) is -6.42. The number of carboxylic acid groups (broad SMARTS) is 1. The lowest BCUT2D eigenvalue weighted by Crippen LogP contribution is -2.10. The maximum absolute atomic E-state index is 13.6. The number of aromatic carboxylic acids is 1. The van der Waals surface area contributed by atoms with Crippen molar-refractivity contribution in [3.05, 3.63) is 71.7 Å². The fourth-order valence-electron chi connectivity index (χ4n) is 3.06. The molecule has 0 spiro atoms. The number of pyridine rings is 2. The summed E-state index contributed by atoms with van der Waals surface area (Å²) in [5, 5.41) is 11.8. The van der Waals surface area contributed by atoms with Crippen molar-refractivity contribution < 1.29 is 36.2 Å². The molecule has 2 N–H and O–H groups in total. The minimum atomic E-state index is -4.86. The van der Waals surface area contributed by atoms with Gasteiger partial charge >= 0.3 is 18.3 Å². The third-order valence-electron chi connectivity index (χ3n) is 4.65. The summed E-state index contributed by atoms with van der Waals surface area (Å²) < 4.78 is 78.8. The quantitative estimate of drug-likeness (QED) is 0.369. The predicted octanol–water partition coefficient (Wildman–Crippen LogP) is 5.57. The van der Waals surface area contributed by atoms with Crippen LogP contribution < -0.4 is 5.32 Å². The van der Waals surface area contributed by atoms with Crippen LogP contribution in [0.15, 0.2) is 55.0 Å². The predicted molar refractivity (Wildman–Crippen MR) is 107 cm³/mol. The maximum atomic E-state index is 13.6. The topological polar surface area (TPSA) is 101 Å². The van der Waals surface area contributed by atoms with Crippen LogP contribution in [0.25, 0.3) is 22.4 Å². The Morgan fingerprint density at radius 1 is 0.882 bits per heavy atom. The molecule has 3 aromatic heterocycles. The highest BCUT2D eigenvalue weighted by atomic mass is 19.4. The number of alkyl halides is 6. The number of carboxylic acids is 1. The molecule has 4 rings (SSSR count). The molecule has 0 unspecified atom stereocenters. The third-order valence-corrected chi connectivity index (χ3v) is 4.65. The molecule has 0 aliphatic rings. The van der Waals surface area contributed by atoms with Crippen molar-refractivity contribution in [3.8, 4) is 11.3 Å². The molecule has 0 bridgehead atoms. The Morgan fingerprint density at radius 3 is 2.26 bits per heavy atom. The lowest BCUT2D eigenvalue weighted by atomic mass is 10.0. The van der Waals surface area contributed by atoms with Crippen molar-refractivity contribution in [1.82, 2.24) is 19.9 Å². The van der Waals surface area contributed by atoms with E-state index in [4.69, 9.17) is 5.11 Å². The van der Waals surface area contributed by atoms with Crippen molar-refractivity contribution in [3.63, 3.8) is 0 Å². The van der Waals surface area contributed by atoms with E-state index in [2.05, 4.69) is 25.3 Å². The smallest absolute Gasteiger partial charge is 0.417 e. The SMILES string of the molecule is O=C(O)c1ccc(-c2cnc3c(Nc4ccc(C(F)(F)F)cn4)ccnc3n2)c(C(F)(F)F)c1. The molecule has 13 heteroatoms. The van der Waals surface area contributed by atoms with E-state index >= 15 is 0 Å². The van der Waals surface area contributed by atoms with Crippen LogP contribution in [0.4, 0.5) is 37.8 Å². The van der Waals surface area contributed by atoms with Crippen molar-refractivity contribution in [2.45, 2.75) is 12.4 Å². The molecule has 0 atom stereocenters. The second-order valence-electron chi connectivity index (χ2n) is 6.90. The number of nitrogens with one attached hydrogen (secondary N) is 1. The van der Waals surface area contributed by atoms with E-state index in [9.17, 15) is 31.1 Å². The van der Waals surface area contributed by atoms with E-state index < -0.39 is 40.6 Å². The van der Waals surface area contributed by atoms with Crippen LogP contribution in [0.1, 0.15) is 21.5 Å². The average molecular weight is 479 g/mol. The molecule has 0 aliphatic carbocycles. The highest BCUT2D eigenvalue weighted by Crippen LogP contribution is 2.37. The van der Waals surface area contributed by atoms with Crippen LogP contribution in [0, 0.1) is 0 Å². The van der Waals surface area contributed by atoms with Gasteiger partial charge in [-0.3, -0.25) is 0 Å². The summed E-state index contributed by atoms with van der Waals surface area (Å²) in [6.45, 7) is 0. The first-order chi connectivity index (χ1) is 15.9. The second kappa shape index (κ2) is 8.24. The molecule has 7 nitrogen and oxygen atoms in total. The largest absolute Gasteiger partial charge is 0.478 e. The molecule has 3 heterocycles. The van der Waals surface area contributed by atoms with Gasteiger partial charge in [0.1, 0.15) is 11.3 Å². The van der Waals surface area contributed by atoms with Crippen LogP contribution in [0.3, 0.4) is 0 Å². The summed E-state index contributed by atoms with van der Waals surface area (Å²) in [6, 6.07) is 5.89. The molecule has 4 aromatic rings. The van der Waals surface area contributed by atoms with E-state index in [1.54, 1.807) is 0 Å². The van der Waals surface area contributed by atoms with E-state index in [0.29, 0.717) is 12.3 Å². The monoisotopic (exact) mass is 479 g/mol. The number of rotatable bonds is 4. The van der Waals surface area contributed by atoms with E-state index in [0.717, 1.165) is 30.5 Å². The third kappa shape index (κ3) is 4.58. The number of hydrogen-bond donors (Lipinski definition) is 2. The van der Waals surface area contributed by atoms with Crippen LogP contribution in [0.5, 0.6) is 0 Å². The number of aromatic nitrogens is 4. The molecular formula is C21H11F6N5O2. The zero-order valence-electron chi connectivity index (χ0n) is 16.6. The van der Waals surface area contributed by atoms with Crippen LogP contribution in [-0.4, -0.2) is 31.0 Å². The highest BCUT2D eigenvalue weighted by molar-refractivity contribution is 5.90. The van der Waals surface area contributed by atoms with Gasteiger partial charge in [0.25, 0.3) is 0 Å². The summed E-state index contributed by atoms with van der Waals surface area (Å²) in [5.74, 6) is -1.45. The van der Waals surface area contributed by atoms with Gasteiger partial charge < -0.3 is 10.4 Å². The number of hydrogen-bond acceptors (Lipinski definition) is 6. The first kappa shape index (κ1) is 22.9. The number of fused-ring (bicyclic) bond motifs is 1. The van der Waals surface area contributed by atoms with Gasteiger partial charge in [-0.1, -0.05) is 6.07 Å². The molecule has 34 heavy (non-hydrogen) atoms. The van der Waals surface area contributed by atoms with Gasteiger partial charge in [0.2, 0.25) is 0 Å². The van der Waals surface area contributed by atoms with Gasteiger partial charge in [0.15, 0.2) is 5.65 Å². The van der Waals surface area contributed by atoms with E-state index in [1.165, 1.54) is 12.3 Å². The zero-order chi connectivity index (χ0) is 24.7. The lowest BCUT2D eigenvalue weighted by molar-refractivity contribution is -0.138. The van der Waals surface area contributed by atoms with E-state index in [-0.39, 0.29) is 28.4 Å². The van der Waals surface area contributed by atoms with E-state index in [1.807, 2.05) is 0 Å². The summed E-state index contributed by atoms with van der Waals surface area (Å²) in [7, 11) is 0. The minimum Gasteiger partial charge on any atom is -0.478 e. The Morgan fingerprint density at radius 2 is 1.65 bits per heavy atom. The molecule has 0 aliphatic heterocycles. The highest BCUT2D eigenvalue weighted by Gasteiger charge is 2.35. The Balaban J connectivity index is 1.73. The molecule has 1 aromatic carbocycles. The molecular weight excluding hydrogens is 468 g/mol. The molecule has 0 fully saturated rings. The standard InChI is InChI=1S/C21H11F6N5O2/c22-20(23,24)11-2-4-16(29-8-11)31-14-5-6-28-18-17(14)30-9-15(32-18)12-3-1-10(19(33)34)7-13(12)21(25,26)27/h1-9H,(H,33,34)(H,28,29,31,32). The maximum Gasteiger partial charge on any atom is 0.417 e. The number of anilines is 2. The van der Waals surface area contributed by atoms with Crippen molar-refractivity contribution in [2.75, 3.05) is 5.32 Å². The lowest BCUT2D eigenvalue weighted by Gasteiger charge is -2.14. The number of benzene rings is 1. The van der Waals surface area contributed by atoms with Gasteiger partial charge in [-0.2, -0.15) is 26.3 Å². The fourth-order valence-corrected chi connectivity index (χ4v) is 3.06. The Kier molecular flexibility index (Phi) is 5.55. The Hall–Kier alpha value is -4.29. The Bertz CT molecular complexity index is 1390. The molecule has 0 saturated carbocycles. The summed E-state index contributed by atoms with van der Waals surface area (Å²) in [4.78, 5) is 27.0. The van der Waals surface area contributed by atoms with Crippen LogP contribution in [-0.2, 0) is 12.4 Å². The first-order valence-electron chi connectivity index (χ1n) is 9.30. The number of nitrogens with zero attached hydrogens (tertiary/aromatic N) is 4. The van der Waals surface area contributed by atoms with Gasteiger partial charge in [-0.05, 0) is 30.3 Å². The van der Waals surface area contributed by atoms with Crippen LogP contribution >= 0.6 is 0 Å². The van der Waals surface area contributed by atoms with Crippen LogP contribution in [0.2, 0.25) is 0 Å². The second-order valence-corrected chi connectivity index (χ2v) is 6.90.